The van der Waals surface area contributed by atoms with Crippen molar-refractivity contribution in [3.8, 4) is 6.07 Å². The minimum atomic E-state index is -0.705. The maximum Gasteiger partial charge on any atom is 0.234 e. The molecule has 1 atom stereocenters. The van der Waals surface area contributed by atoms with E-state index in [9.17, 15) is 19.2 Å². The first kappa shape index (κ1) is 28.0. The minimum absolute atomic E-state index is 0.0887. The van der Waals surface area contributed by atoms with Crippen LogP contribution in [0.2, 0.25) is 0 Å². The molecule has 8 nitrogen and oxygen atoms in total. The summed E-state index contributed by atoms with van der Waals surface area (Å²) in [5, 5.41) is 22.0. The number of hydrogen-bond acceptors (Lipinski definition) is 9. The van der Waals surface area contributed by atoms with E-state index in [1.165, 1.54) is 35.2 Å². The Kier molecular flexibility index (Phi) is 7.81. The average molecular weight is 640 g/mol. The summed E-state index contributed by atoms with van der Waals surface area (Å²) in [5.74, 6) is -1.14. The van der Waals surface area contributed by atoms with Gasteiger partial charge in [-0.25, -0.2) is 4.39 Å². The average Bonchev–Trinajstić information content (AvgIpc) is 3.35. The van der Waals surface area contributed by atoms with Crippen LogP contribution in [0.15, 0.2) is 80.0 Å². The van der Waals surface area contributed by atoms with Gasteiger partial charge in [0.2, 0.25) is 11.0 Å². The van der Waals surface area contributed by atoms with E-state index in [1.54, 1.807) is 29.2 Å². The predicted octanol–water partition coefficient (Wildman–Crippen LogP) is 6.11. The number of nitriles is 1. The number of carbonyl (C=O) groups is 2. The molecule has 0 fully saturated rings. The van der Waals surface area contributed by atoms with Gasteiger partial charge in [0, 0.05) is 27.9 Å². The van der Waals surface area contributed by atoms with E-state index in [0.29, 0.717) is 44.8 Å². The third-order valence-electron chi connectivity index (χ3n) is 6.61. The van der Waals surface area contributed by atoms with Gasteiger partial charge in [0.25, 0.3) is 0 Å². The molecule has 5 rings (SSSR count). The van der Waals surface area contributed by atoms with Gasteiger partial charge in [0.05, 0.1) is 23.3 Å². The van der Waals surface area contributed by atoms with Gasteiger partial charge in [-0.05, 0) is 47.7 Å². The summed E-state index contributed by atoms with van der Waals surface area (Å²) < 4.78 is 15.1. The van der Waals surface area contributed by atoms with Crippen molar-refractivity contribution in [2.75, 3.05) is 16.0 Å². The highest BCUT2D eigenvalue weighted by molar-refractivity contribution is 9.10. The number of rotatable bonds is 6. The Balaban J connectivity index is 1.46. The zero-order valence-corrected chi connectivity index (χ0v) is 24.8. The van der Waals surface area contributed by atoms with Crippen LogP contribution in [0.3, 0.4) is 0 Å². The number of benzene rings is 2. The molecule has 0 spiro atoms. The molecule has 0 saturated heterocycles. The van der Waals surface area contributed by atoms with Crippen LogP contribution in [0, 0.1) is 22.6 Å². The molecule has 0 saturated carbocycles. The van der Waals surface area contributed by atoms with Crippen molar-refractivity contribution in [2.24, 2.45) is 11.1 Å². The quantitative estimate of drug-likeness (QED) is 0.310. The molecule has 1 aliphatic carbocycles. The van der Waals surface area contributed by atoms with E-state index in [4.69, 9.17) is 5.73 Å². The smallest absolute Gasteiger partial charge is 0.234 e. The fourth-order valence-corrected chi connectivity index (χ4v) is 7.04. The number of nitrogens with two attached hydrogens (primary N) is 1. The van der Waals surface area contributed by atoms with E-state index < -0.39 is 11.7 Å². The fourth-order valence-electron chi connectivity index (χ4n) is 4.96. The highest BCUT2D eigenvalue weighted by Crippen LogP contribution is 2.50. The molecule has 0 bridgehead atoms. The van der Waals surface area contributed by atoms with Crippen molar-refractivity contribution in [3.63, 3.8) is 0 Å². The molecular weight excluding hydrogens is 615 g/mol. The molecule has 1 amide bonds. The standard InChI is InChI=1S/C28H24BrFN6O2S2/c1-28(2)11-20-24(21(37)12-28)23(15-6-8-17(30)9-7-15)19(13-31)25(32)36(20)26-34-35-27(40-26)39-14-22(38)33-18-5-3-4-16(29)10-18/h3-10,23H,11-12,14,32H2,1-2H3,(H,33,38). The summed E-state index contributed by atoms with van der Waals surface area (Å²) in [6, 6.07) is 15.3. The predicted molar refractivity (Wildman–Crippen MR) is 157 cm³/mol. The molecule has 204 valence electrons. The second kappa shape index (κ2) is 11.2. The lowest BCUT2D eigenvalue weighted by atomic mass is 9.69. The molecule has 40 heavy (non-hydrogen) atoms. The zero-order chi connectivity index (χ0) is 28.6. The van der Waals surface area contributed by atoms with Gasteiger partial charge in [-0.3, -0.25) is 14.5 Å². The van der Waals surface area contributed by atoms with E-state index >= 15 is 0 Å². The van der Waals surface area contributed by atoms with Gasteiger partial charge in [0.15, 0.2) is 10.1 Å². The van der Waals surface area contributed by atoms with E-state index in [0.717, 1.165) is 4.47 Å². The van der Waals surface area contributed by atoms with Crippen LogP contribution in [0.4, 0.5) is 15.2 Å². The summed E-state index contributed by atoms with van der Waals surface area (Å²) >= 11 is 5.84. The van der Waals surface area contributed by atoms with Gasteiger partial charge in [-0.2, -0.15) is 5.26 Å². The Hall–Kier alpha value is -3.53. The number of hydrogen-bond donors (Lipinski definition) is 2. The summed E-state index contributed by atoms with van der Waals surface area (Å²) in [7, 11) is 0. The van der Waals surface area contributed by atoms with Crippen molar-refractivity contribution in [3.05, 3.63) is 87.0 Å². The molecule has 1 unspecified atom stereocenters. The number of ketones is 1. The Morgan fingerprint density at radius 2 is 2.02 bits per heavy atom. The molecule has 1 aromatic heterocycles. The van der Waals surface area contributed by atoms with E-state index in [2.05, 4.69) is 37.5 Å². The van der Waals surface area contributed by atoms with Crippen LogP contribution >= 0.6 is 39.0 Å². The normalized spacial score (nSPS) is 18.4. The Labute approximate surface area is 247 Å². The first-order valence-electron chi connectivity index (χ1n) is 12.3. The number of Topliss-reactive ketones (excluding diaryl/α,β-unsaturated/α-hetero) is 1. The van der Waals surface area contributed by atoms with Crippen molar-refractivity contribution < 1.29 is 14.0 Å². The van der Waals surface area contributed by atoms with Crippen molar-refractivity contribution in [1.29, 1.82) is 5.26 Å². The van der Waals surface area contributed by atoms with Crippen LogP contribution in [-0.4, -0.2) is 27.6 Å². The second-order valence-corrected chi connectivity index (χ2v) is 13.3. The van der Waals surface area contributed by atoms with Gasteiger partial charge in [-0.15, -0.1) is 10.2 Å². The molecule has 1 aliphatic heterocycles. The number of nitrogens with zero attached hydrogens (tertiary/aromatic N) is 4. The number of amides is 1. The number of halogens is 2. The first-order chi connectivity index (χ1) is 19.1. The Morgan fingerprint density at radius 3 is 2.73 bits per heavy atom. The number of thioether (sulfide) groups is 1. The third-order valence-corrected chi connectivity index (χ3v) is 9.14. The first-order valence-corrected chi connectivity index (χ1v) is 14.9. The Morgan fingerprint density at radius 1 is 1.27 bits per heavy atom. The van der Waals surface area contributed by atoms with Crippen LogP contribution in [-0.2, 0) is 9.59 Å². The molecule has 2 aromatic carbocycles. The molecular formula is C28H24BrFN6O2S2. The van der Waals surface area contributed by atoms with Crippen LogP contribution in [0.5, 0.6) is 0 Å². The second-order valence-electron chi connectivity index (χ2n) is 10.2. The van der Waals surface area contributed by atoms with Gasteiger partial charge < -0.3 is 11.1 Å². The van der Waals surface area contributed by atoms with E-state index in [-0.39, 0.29) is 34.3 Å². The molecule has 3 N–H and O–H groups in total. The molecule has 12 heteroatoms. The van der Waals surface area contributed by atoms with E-state index in [1.807, 2.05) is 26.0 Å². The zero-order valence-electron chi connectivity index (χ0n) is 21.6. The number of aromatic nitrogens is 2. The summed E-state index contributed by atoms with van der Waals surface area (Å²) in [4.78, 5) is 27.7. The van der Waals surface area contributed by atoms with Gasteiger partial charge in [0.1, 0.15) is 11.6 Å². The largest absolute Gasteiger partial charge is 0.384 e. The van der Waals surface area contributed by atoms with Crippen molar-refractivity contribution in [2.45, 2.75) is 36.9 Å². The lowest BCUT2D eigenvalue weighted by Crippen LogP contribution is -2.42. The lowest BCUT2D eigenvalue weighted by molar-refractivity contribution is -0.118. The fraction of sp³-hybridized carbons (Fsp3) is 0.250. The monoisotopic (exact) mass is 638 g/mol. The van der Waals surface area contributed by atoms with Crippen molar-refractivity contribution in [1.82, 2.24) is 10.2 Å². The number of allylic oxidation sites excluding steroid dienone is 3. The number of carbonyl (C=O) groups excluding carboxylic acids is 2. The van der Waals surface area contributed by atoms with Crippen LogP contribution in [0.25, 0.3) is 0 Å². The van der Waals surface area contributed by atoms with Gasteiger partial charge >= 0.3 is 0 Å². The Bertz CT molecular complexity index is 1610. The maximum absolute atomic E-state index is 13.7. The molecule has 2 aliphatic rings. The van der Waals surface area contributed by atoms with Crippen LogP contribution < -0.4 is 16.0 Å². The summed E-state index contributed by atoms with van der Waals surface area (Å²) in [6.45, 7) is 4.01. The molecule has 2 heterocycles. The summed E-state index contributed by atoms with van der Waals surface area (Å²) in [6.07, 6.45) is 0.822. The van der Waals surface area contributed by atoms with Gasteiger partial charge in [-0.1, -0.05) is 71.1 Å². The topological polar surface area (TPSA) is 125 Å². The number of nitrogens with one attached hydrogen (secondary N) is 1. The highest BCUT2D eigenvalue weighted by Gasteiger charge is 2.45. The SMILES string of the molecule is CC1(C)CC(=O)C2=C(C1)N(c1nnc(SCC(=O)Nc3cccc(Br)c3)s1)C(N)=C(C#N)C2c1ccc(F)cc1. The molecule has 3 aromatic rings. The maximum atomic E-state index is 13.7. The highest BCUT2D eigenvalue weighted by atomic mass is 79.9. The number of anilines is 2. The molecule has 0 radical (unpaired) electrons. The minimum Gasteiger partial charge on any atom is -0.384 e. The lowest BCUT2D eigenvalue weighted by Gasteiger charge is -2.42. The van der Waals surface area contributed by atoms with Crippen molar-refractivity contribution >= 4 is 61.5 Å². The summed E-state index contributed by atoms with van der Waals surface area (Å²) in [5.41, 5.74) is 8.88. The third kappa shape index (κ3) is 5.68. The van der Waals surface area contributed by atoms with Crippen LogP contribution in [0.1, 0.15) is 38.2 Å².